The second-order valence-electron chi connectivity index (χ2n) is 5.32. The van der Waals surface area contributed by atoms with Gasteiger partial charge in [0, 0.05) is 11.1 Å². The Bertz CT molecular complexity index is 621. The van der Waals surface area contributed by atoms with Crippen molar-refractivity contribution >= 4 is 0 Å². The number of benzene rings is 1. The van der Waals surface area contributed by atoms with Gasteiger partial charge in [0.15, 0.2) is 5.69 Å². The molecular formula is C14H16F3N3. The minimum Gasteiger partial charge on any atom is -0.322 e. The maximum atomic E-state index is 13.4. The van der Waals surface area contributed by atoms with Crippen LogP contribution in [0.4, 0.5) is 13.2 Å². The Labute approximate surface area is 115 Å². The summed E-state index contributed by atoms with van der Waals surface area (Å²) in [6.45, 7) is 4.80. The topological polar surface area (TPSA) is 43.8 Å². The molecule has 1 heterocycles. The summed E-state index contributed by atoms with van der Waals surface area (Å²) in [5.41, 5.74) is 4.98. The van der Waals surface area contributed by atoms with Gasteiger partial charge in [0.2, 0.25) is 0 Å². The number of alkyl halides is 3. The third kappa shape index (κ3) is 2.56. The SMILES string of the molecule is Cc1ccccc1-n1ncc(C(C)(C)N)c1C(F)(F)F. The predicted molar refractivity (Wildman–Crippen MR) is 70.5 cm³/mol. The number of nitrogens with two attached hydrogens (primary N) is 1. The highest BCUT2D eigenvalue weighted by Gasteiger charge is 2.41. The highest BCUT2D eigenvalue weighted by Crippen LogP contribution is 2.37. The first kappa shape index (κ1) is 14.6. The van der Waals surface area contributed by atoms with E-state index in [9.17, 15) is 13.2 Å². The fourth-order valence-electron chi connectivity index (χ4n) is 2.08. The number of rotatable bonds is 2. The average Bonchev–Trinajstić information content (AvgIpc) is 2.73. The van der Waals surface area contributed by atoms with Gasteiger partial charge in [0.05, 0.1) is 11.9 Å². The summed E-state index contributed by atoms with van der Waals surface area (Å²) in [7, 11) is 0. The maximum absolute atomic E-state index is 13.4. The number of aromatic nitrogens is 2. The van der Waals surface area contributed by atoms with E-state index in [4.69, 9.17) is 5.73 Å². The molecule has 0 fully saturated rings. The summed E-state index contributed by atoms with van der Waals surface area (Å²) in [6, 6.07) is 6.79. The maximum Gasteiger partial charge on any atom is 0.433 e. The van der Waals surface area contributed by atoms with E-state index in [1.165, 1.54) is 20.0 Å². The molecule has 0 saturated heterocycles. The molecule has 0 saturated carbocycles. The van der Waals surface area contributed by atoms with Crippen molar-refractivity contribution in [2.75, 3.05) is 0 Å². The van der Waals surface area contributed by atoms with Gasteiger partial charge in [-0.3, -0.25) is 0 Å². The number of hydrogen-bond acceptors (Lipinski definition) is 2. The molecule has 2 rings (SSSR count). The van der Waals surface area contributed by atoms with Crippen molar-refractivity contribution in [1.82, 2.24) is 9.78 Å². The van der Waals surface area contributed by atoms with E-state index in [-0.39, 0.29) is 5.56 Å². The van der Waals surface area contributed by atoms with E-state index < -0.39 is 17.4 Å². The van der Waals surface area contributed by atoms with Gasteiger partial charge in [-0.1, -0.05) is 18.2 Å². The highest BCUT2D eigenvalue weighted by atomic mass is 19.4. The Morgan fingerprint density at radius 3 is 2.25 bits per heavy atom. The Kier molecular flexibility index (Phi) is 3.37. The zero-order chi connectivity index (χ0) is 15.1. The summed E-state index contributed by atoms with van der Waals surface area (Å²) < 4.78 is 41.0. The normalized spacial score (nSPS) is 12.8. The summed E-state index contributed by atoms with van der Waals surface area (Å²) in [5.74, 6) is 0. The third-order valence-electron chi connectivity index (χ3n) is 3.08. The Morgan fingerprint density at radius 2 is 1.75 bits per heavy atom. The summed E-state index contributed by atoms with van der Waals surface area (Å²) in [4.78, 5) is 0. The van der Waals surface area contributed by atoms with E-state index in [0.717, 1.165) is 4.68 Å². The minimum atomic E-state index is -4.52. The first-order chi connectivity index (χ1) is 9.12. The van der Waals surface area contributed by atoms with E-state index in [1.807, 2.05) is 0 Å². The van der Waals surface area contributed by atoms with Gasteiger partial charge in [-0.15, -0.1) is 0 Å². The van der Waals surface area contributed by atoms with Crippen LogP contribution in [0, 0.1) is 6.92 Å². The Hall–Kier alpha value is -1.82. The third-order valence-corrected chi connectivity index (χ3v) is 3.08. The lowest BCUT2D eigenvalue weighted by Gasteiger charge is -2.21. The van der Waals surface area contributed by atoms with Gasteiger partial charge in [0.1, 0.15) is 0 Å². The van der Waals surface area contributed by atoms with Crippen molar-refractivity contribution < 1.29 is 13.2 Å². The van der Waals surface area contributed by atoms with Crippen LogP contribution in [0.1, 0.15) is 30.7 Å². The molecule has 0 radical (unpaired) electrons. The molecule has 1 aromatic carbocycles. The van der Waals surface area contributed by atoms with Crippen molar-refractivity contribution in [3.63, 3.8) is 0 Å². The second-order valence-corrected chi connectivity index (χ2v) is 5.32. The highest BCUT2D eigenvalue weighted by molar-refractivity contribution is 5.43. The van der Waals surface area contributed by atoms with Crippen molar-refractivity contribution in [1.29, 1.82) is 0 Å². The van der Waals surface area contributed by atoms with Gasteiger partial charge in [0.25, 0.3) is 0 Å². The van der Waals surface area contributed by atoms with Crippen LogP contribution in [0.25, 0.3) is 5.69 Å². The van der Waals surface area contributed by atoms with Crippen molar-refractivity contribution in [3.05, 3.63) is 47.3 Å². The first-order valence-corrected chi connectivity index (χ1v) is 6.13. The van der Waals surface area contributed by atoms with Crippen LogP contribution < -0.4 is 5.73 Å². The molecule has 0 amide bonds. The lowest BCUT2D eigenvalue weighted by molar-refractivity contribution is -0.143. The molecule has 0 aliphatic carbocycles. The van der Waals surface area contributed by atoms with Crippen LogP contribution in [0.2, 0.25) is 0 Å². The van der Waals surface area contributed by atoms with Crippen LogP contribution in [0.3, 0.4) is 0 Å². The van der Waals surface area contributed by atoms with Gasteiger partial charge >= 0.3 is 6.18 Å². The molecule has 0 bridgehead atoms. The molecule has 20 heavy (non-hydrogen) atoms. The summed E-state index contributed by atoms with van der Waals surface area (Å²) in [5, 5.41) is 3.90. The Morgan fingerprint density at radius 1 is 1.15 bits per heavy atom. The number of halogens is 3. The molecular weight excluding hydrogens is 267 g/mol. The first-order valence-electron chi connectivity index (χ1n) is 6.13. The standard InChI is InChI=1S/C14H16F3N3/c1-9-6-4-5-7-11(9)20-12(14(15,16)17)10(8-19-20)13(2,3)18/h4-8H,18H2,1-3H3. The largest absolute Gasteiger partial charge is 0.433 e. The van der Waals surface area contributed by atoms with E-state index in [2.05, 4.69) is 5.10 Å². The van der Waals surface area contributed by atoms with Crippen molar-refractivity contribution in [3.8, 4) is 5.69 Å². The second kappa shape index (κ2) is 4.63. The van der Waals surface area contributed by atoms with Gasteiger partial charge in [-0.2, -0.15) is 18.3 Å². The van der Waals surface area contributed by atoms with Crippen molar-refractivity contribution in [2.45, 2.75) is 32.5 Å². The summed E-state index contributed by atoms with van der Waals surface area (Å²) >= 11 is 0. The molecule has 108 valence electrons. The smallest absolute Gasteiger partial charge is 0.322 e. The van der Waals surface area contributed by atoms with Gasteiger partial charge in [-0.25, -0.2) is 4.68 Å². The van der Waals surface area contributed by atoms with Crippen LogP contribution in [-0.4, -0.2) is 9.78 Å². The average molecular weight is 283 g/mol. The van der Waals surface area contributed by atoms with Gasteiger partial charge in [-0.05, 0) is 32.4 Å². The molecule has 0 aliphatic rings. The van der Waals surface area contributed by atoms with Gasteiger partial charge < -0.3 is 5.73 Å². The van der Waals surface area contributed by atoms with Crippen LogP contribution in [0.5, 0.6) is 0 Å². The lowest BCUT2D eigenvalue weighted by Crippen LogP contribution is -2.31. The lowest BCUT2D eigenvalue weighted by atomic mass is 9.96. The molecule has 6 heteroatoms. The molecule has 0 aliphatic heterocycles. The molecule has 2 aromatic rings. The molecule has 2 N–H and O–H groups in total. The number of aryl methyl sites for hydroxylation is 1. The predicted octanol–water partition coefficient (Wildman–Crippen LogP) is 3.39. The Balaban J connectivity index is 2.74. The monoisotopic (exact) mass is 283 g/mol. The zero-order valence-electron chi connectivity index (χ0n) is 11.5. The molecule has 0 spiro atoms. The van der Waals surface area contributed by atoms with Crippen LogP contribution in [0.15, 0.2) is 30.5 Å². The fourth-order valence-corrected chi connectivity index (χ4v) is 2.08. The minimum absolute atomic E-state index is 0.0201. The summed E-state index contributed by atoms with van der Waals surface area (Å²) in [6.07, 6.45) is -3.33. The molecule has 0 unspecified atom stereocenters. The van der Waals surface area contributed by atoms with E-state index >= 15 is 0 Å². The van der Waals surface area contributed by atoms with Crippen molar-refractivity contribution in [2.24, 2.45) is 5.73 Å². The van der Waals surface area contributed by atoms with E-state index in [1.54, 1.807) is 31.2 Å². The quantitative estimate of drug-likeness (QED) is 0.918. The molecule has 1 aromatic heterocycles. The molecule has 0 atom stereocenters. The zero-order valence-corrected chi connectivity index (χ0v) is 11.5. The number of para-hydroxylation sites is 1. The molecule has 3 nitrogen and oxygen atoms in total. The van der Waals surface area contributed by atoms with E-state index in [0.29, 0.717) is 11.3 Å². The fraction of sp³-hybridized carbons (Fsp3) is 0.357. The van der Waals surface area contributed by atoms with Crippen LogP contribution in [-0.2, 0) is 11.7 Å². The number of nitrogens with zero attached hydrogens (tertiary/aromatic N) is 2. The van der Waals surface area contributed by atoms with Crippen LogP contribution >= 0.6 is 0 Å². The number of hydrogen-bond donors (Lipinski definition) is 1.